The summed E-state index contributed by atoms with van der Waals surface area (Å²) in [6.45, 7) is 4.01. The van der Waals surface area contributed by atoms with E-state index in [1.807, 2.05) is 38.1 Å². The van der Waals surface area contributed by atoms with Gasteiger partial charge < -0.3 is 10.2 Å². The Labute approximate surface area is 125 Å². The van der Waals surface area contributed by atoms with Crippen LogP contribution in [0.4, 0.5) is 0 Å². The summed E-state index contributed by atoms with van der Waals surface area (Å²) >= 11 is 0. The number of rotatable bonds is 6. The van der Waals surface area contributed by atoms with Gasteiger partial charge in [0.15, 0.2) is 0 Å². The van der Waals surface area contributed by atoms with E-state index in [0.29, 0.717) is 30.7 Å². The van der Waals surface area contributed by atoms with Crippen LogP contribution in [0.3, 0.4) is 0 Å². The molecule has 112 valence electrons. The number of pyridine rings is 2. The van der Waals surface area contributed by atoms with Crippen LogP contribution in [0.15, 0.2) is 36.7 Å². The van der Waals surface area contributed by atoms with Crippen molar-refractivity contribution in [3.63, 3.8) is 0 Å². The summed E-state index contributed by atoms with van der Waals surface area (Å²) in [5, 5.41) is 20.3. The largest absolute Gasteiger partial charge is 0.396 e. The number of hydrogen-bond donors (Lipinski definition) is 2. The van der Waals surface area contributed by atoms with E-state index in [-0.39, 0.29) is 6.61 Å². The molecule has 2 rings (SSSR count). The molecule has 0 saturated carbocycles. The number of aliphatic hydroxyl groups excluding tert-OH is 1. The molecule has 0 amide bonds. The second-order valence-electron chi connectivity index (χ2n) is 5.38. The molecule has 0 aromatic carbocycles. The van der Waals surface area contributed by atoms with Gasteiger partial charge in [0.2, 0.25) is 0 Å². The molecule has 0 unspecified atom stereocenters. The molecule has 0 atom stereocenters. The number of aliphatic hydroxyl groups is 2. The van der Waals surface area contributed by atoms with Gasteiger partial charge >= 0.3 is 0 Å². The zero-order valence-corrected chi connectivity index (χ0v) is 12.6. The Morgan fingerprint density at radius 3 is 1.90 bits per heavy atom. The molecular formula is C17H22N2O2. The standard InChI is InChI=1S/C17H22N2O2/c1-13-7-5-10-18-15(13)17(21,9-3-4-12-20)16-14(2)8-6-11-19-16/h5-8,10-11,20-21H,3-4,9,12H2,1-2H3. The van der Waals surface area contributed by atoms with Gasteiger partial charge in [0.25, 0.3) is 0 Å². The average molecular weight is 286 g/mol. The third-order valence-electron chi connectivity index (χ3n) is 3.75. The summed E-state index contributed by atoms with van der Waals surface area (Å²) in [7, 11) is 0. The summed E-state index contributed by atoms with van der Waals surface area (Å²) in [6.07, 6.45) is 5.23. The van der Waals surface area contributed by atoms with Crippen molar-refractivity contribution in [3.05, 3.63) is 59.2 Å². The maximum Gasteiger partial charge on any atom is 0.149 e. The molecule has 2 N–H and O–H groups in total. The highest BCUT2D eigenvalue weighted by Gasteiger charge is 2.36. The van der Waals surface area contributed by atoms with Gasteiger partial charge in [0.1, 0.15) is 5.60 Å². The molecule has 0 saturated heterocycles. The molecule has 0 fully saturated rings. The van der Waals surface area contributed by atoms with Crippen molar-refractivity contribution in [3.8, 4) is 0 Å². The fourth-order valence-electron chi connectivity index (χ4n) is 2.68. The lowest BCUT2D eigenvalue weighted by Gasteiger charge is -2.29. The minimum Gasteiger partial charge on any atom is -0.396 e. The van der Waals surface area contributed by atoms with E-state index in [2.05, 4.69) is 9.97 Å². The Hall–Kier alpha value is -1.78. The highest BCUT2D eigenvalue weighted by Crippen LogP contribution is 2.35. The summed E-state index contributed by atoms with van der Waals surface area (Å²) in [5.74, 6) is 0. The molecule has 0 aliphatic rings. The SMILES string of the molecule is Cc1cccnc1C(O)(CCCCO)c1ncccc1C. The Balaban J connectivity index is 2.49. The van der Waals surface area contributed by atoms with Crippen LogP contribution < -0.4 is 0 Å². The summed E-state index contributed by atoms with van der Waals surface area (Å²) in [4.78, 5) is 8.79. The molecule has 0 bridgehead atoms. The first-order valence-corrected chi connectivity index (χ1v) is 7.27. The number of nitrogens with zero attached hydrogens (tertiary/aromatic N) is 2. The monoisotopic (exact) mass is 286 g/mol. The van der Waals surface area contributed by atoms with E-state index < -0.39 is 5.60 Å². The maximum absolute atomic E-state index is 11.3. The smallest absolute Gasteiger partial charge is 0.149 e. The van der Waals surface area contributed by atoms with Crippen molar-refractivity contribution in [2.24, 2.45) is 0 Å². The van der Waals surface area contributed by atoms with Crippen LogP contribution in [0.25, 0.3) is 0 Å². The maximum atomic E-state index is 11.3. The van der Waals surface area contributed by atoms with E-state index >= 15 is 0 Å². The van der Waals surface area contributed by atoms with E-state index in [1.165, 1.54) is 0 Å². The first-order chi connectivity index (χ1) is 10.1. The molecule has 2 aromatic heterocycles. The van der Waals surface area contributed by atoms with Crippen molar-refractivity contribution in [2.75, 3.05) is 6.61 Å². The molecule has 2 heterocycles. The highest BCUT2D eigenvalue weighted by atomic mass is 16.3. The number of hydrogen-bond acceptors (Lipinski definition) is 4. The van der Waals surface area contributed by atoms with Crippen LogP contribution in [0.1, 0.15) is 41.8 Å². The first kappa shape index (κ1) is 15.6. The lowest BCUT2D eigenvalue weighted by Crippen LogP contribution is -2.31. The zero-order chi connectivity index (χ0) is 15.3. The number of unbranched alkanes of at least 4 members (excludes halogenated alkanes) is 1. The van der Waals surface area contributed by atoms with Gasteiger partial charge in [-0.3, -0.25) is 9.97 Å². The zero-order valence-electron chi connectivity index (χ0n) is 12.6. The van der Waals surface area contributed by atoms with Gasteiger partial charge in [0.05, 0.1) is 11.4 Å². The van der Waals surface area contributed by atoms with Crippen LogP contribution in [0.2, 0.25) is 0 Å². The van der Waals surface area contributed by atoms with Crippen LogP contribution in [-0.2, 0) is 5.60 Å². The van der Waals surface area contributed by atoms with Crippen molar-refractivity contribution >= 4 is 0 Å². The van der Waals surface area contributed by atoms with Gasteiger partial charge in [-0.15, -0.1) is 0 Å². The molecule has 4 heteroatoms. The summed E-state index contributed by atoms with van der Waals surface area (Å²) < 4.78 is 0. The predicted octanol–water partition coefficient (Wildman–Crippen LogP) is 2.49. The van der Waals surface area contributed by atoms with Gasteiger partial charge in [-0.1, -0.05) is 12.1 Å². The second kappa shape index (κ2) is 6.78. The molecule has 21 heavy (non-hydrogen) atoms. The topological polar surface area (TPSA) is 66.2 Å². The lowest BCUT2D eigenvalue weighted by molar-refractivity contribution is 0.0563. The van der Waals surface area contributed by atoms with Crippen molar-refractivity contribution < 1.29 is 10.2 Å². The van der Waals surface area contributed by atoms with E-state index in [9.17, 15) is 5.11 Å². The molecule has 4 nitrogen and oxygen atoms in total. The van der Waals surface area contributed by atoms with Crippen molar-refractivity contribution in [2.45, 2.75) is 38.7 Å². The molecule has 2 aromatic rings. The summed E-state index contributed by atoms with van der Waals surface area (Å²) in [5.41, 5.74) is 1.95. The van der Waals surface area contributed by atoms with E-state index in [0.717, 1.165) is 11.1 Å². The lowest BCUT2D eigenvalue weighted by atomic mass is 9.84. The van der Waals surface area contributed by atoms with Gasteiger partial charge in [-0.2, -0.15) is 0 Å². The third-order valence-corrected chi connectivity index (χ3v) is 3.75. The van der Waals surface area contributed by atoms with E-state index in [1.54, 1.807) is 12.4 Å². The fourth-order valence-corrected chi connectivity index (χ4v) is 2.68. The van der Waals surface area contributed by atoms with Crippen LogP contribution in [0, 0.1) is 13.8 Å². The van der Waals surface area contributed by atoms with Crippen molar-refractivity contribution in [1.29, 1.82) is 0 Å². The number of aryl methyl sites for hydroxylation is 2. The average Bonchev–Trinajstić information content (AvgIpc) is 2.48. The second-order valence-corrected chi connectivity index (χ2v) is 5.38. The quantitative estimate of drug-likeness (QED) is 0.801. The number of aromatic nitrogens is 2. The first-order valence-electron chi connectivity index (χ1n) is 7.27. The Kier molecular flexibility index (Phi) is 5.04. The van der Waals surface area contributed by atoms with Gasteiger partial charge in [-0.05, 0) is 56.4 Å². The normalized spacial score (nSPS) is 11.6. The van der Waals surface area contributed by atoms with Gasteiger partial charge in [-0.25, -0.2) is 0 Å². The Morgan fingerprint density at radius 1 is 0.952 bits per heavy atom. The molecule has 0 aliphatic heterocycles. The molecule has 0 aliphatic carbocycles. The summed E-state index contributed by atoms with van der Waals surface area (Å²) in [6, 6.07) is 7.60. The Bertz CT molecular complexity index is 553. The Morgan fingerprint density at radius 2 is 1.48 bits per heavy atom. The van der Waals surface area contributed by atoms with Crippen LogP contribution >= 0.6 is 0 Å². The minimum atomic E-state index is -1.22. The highest BCUT2D eigenvalue weighted by molar-refractivity contribution is 5.36. The molecule has 0 spiro atoms. The van der Waals surface area contributed by atoms with E-state index in [4.69, 9.17) is 5.11 Å². The predicted molar refractivity (Wildman–Crippen MR) is 81.9 cm³/mol. The molecule has 0 radical (unpaired) electrons. The molecular weight excluding hydrogens is 264 g/mol. The minimum absolute atomic E-state index is 0.123. The fraction of sp³-hybridized carbons (Fsp3) is 0.412. The van der Waals surface area contributed by atoms with Crippen molar-refractivity contribution in [1.82, 2.24) is 9.97 Å². The van der Waals surface area contributed by atoms with Crippen LogP contribution in [-0.4, -0.2) is 26.8 Å². The van der Waals surface area contributed by atoms with Crippen LogP contribution in [0.5, 0.6) is 0 Å². The van der Waals surface area contributed by atoms with Gasteiger partial charge in [0, 0.05) is 19.0 Å². The third kappa shape index (κ3) is 3.28.